The Morgan fingerprint density at radius 3 is 2.58 bits per heavy atom. The number of carbonyl (C=O) groups is 2. The van der Waals surface area contributed by atoms with Crippen molar-refractivity contribution in [3.05, 3.63) is 28.2 Å². The number of carboxylic acid groups (broad SMARTS) is 1. The van der Waals surface area contributed by atoms with E-state index in [4.69, 9.17) is 5.11 Å². The molecule has 2 rings (SSSR count). The van der Waals surface area contributed by atoms with E-state index in [2.05, 4.69) is 15.9 Å². The average Bonchev–Trinajstić information content (AvgIpc) is 2.30. The molecule has 0 aromatic heterocycles. The Morgan fingerprint density at radius 1 is 1.42 bits per heavy atom. The van der Waals surface area contributed by atoms with Crippen LogP contribution in [-0.2, 0) is 4.79 Å². The third kappa shape index (κ3) is 2.73. The summed E-state index contributed by atoms with van der Waals surface area (Å²) in [6.07, 6.45) is 0. The molecule has 1 saturated heterocycles. The first-order chi connectivity index (χ1) is 8.90. The molecule has 1 aliphatic heterocycles. The first kappa shape index (κ1) is 13.9. The standard InChI is InChI=1S/C13H14BrNO4/c1-7(13(18)19)9-5-15(6-9)12(17)8-2-3-10(14)11(16)4-8/h2-4,7,9,16H,5-6H2,1H3,(H,18,19). The quantitative estimate of drug-likeness (QED) is 0.889. The first-order valence-electron chi connectivity index (χ1n) is 5.90. The lowest BCUT2D eigenvalue weighted by molar-refractivity contribution is -0.144. The number of rotatable bonds is 3. The molecule has 1 amide bonds. The van der Waals surface area contributed by atoms with Crippen LogP contribution in [0.25, 0.3) is 0 Å². The Labute approximate surface area is 119 Å². The van der Waals surface area contributed by atoms with Gasteiger partial charge in [0.05, 0.1) is 10.4 Å². The maximum Gasteiger partial charge on any atom is 0.306 e. The van der Waals surface area contributed by atoms with Crippen LogP contribution in [0.4, 0.5) is 0 Å². The van der Waals surface area contributed by atoms with Gasteiger partial charge in [0.15, 0.2) is 0 Å². The lowest BCUT2D eigenvalue weighted by Crippen LogP contribution is -2.53. The zero-order valence-electron chi connectivity index (χ0n) is 10.3. The first-order valence-corrected chi connectivity index (χ1v) is 6.70. The number of amides is 1. The minimum Gasteiger partial charge on any atom is -0.507 e. The fourth-order valence-electron chi connectivity index (χ4n) is 2.02. The van der Waals surface area contributed by atoms with Crippen LogP contribution in [0.3, 0.4) is 0 Å². The molecule has 0 radical (unpaired) electrons. The number of nitrogens with zero attached hydrogens (tertiary/aromatic N) is 1. The predicted octanol–water partition coefficient (Wildman–Crippen LogP) is 1.95. The monoisotopic (exact) mass is 327 g/mol. The summed E-state index contributed by atoms with van der Waals surface area (Å²) in [6, 6.07) is 4.64. The van der Waals surface area contributed by atoms with Gasteiger partial charge in [-0.3, -0.25) is 9.59 Å². The number of aliphatic carboxylic acids is 1. The lowest BCUT2D eigenvalue weighted by Gasteiger charge is -2.41. The molecule has 1 heterocycles. The van der Waals surface area contributed by atoms with E-state index in [1.807, 2.05) is 0 Å². The third-order valence-corrected chi connectivity index (χ3v) is 4.16. The highest BCUT2D eigenvalue weighted by atomic mass is 79.9. The van der Waals surface area contributed by atoms with Gasteiger partial charge in [0.1, 0.15) is 5.75 Å². The molecule has 102 valence electrons. The van der Waals surface area contributed by atoms with E-state index in [1.54, 1.807) is 24.0 Å². The molecule has 2 N–H and O–H groups in total. The number of aromatic hydroxyl groups is 1. The molecular weight excluding hydrogens is 314 g/mol. The smallest absolute Gasteiger partial charge is 0.306 e. The van der Waals surface area contributed by atoms with Gasteiger partial charge >= 0.3 is 5.97 Å². The average molecular weight is 328 g/mol. The predicted molar refractivity (Wildman–Crippen MR) is 72.0 cm³/mol. The molecule has 0 saturated carbocycles. The summed E-state index contributed by atoms with van der Waals surface area (Å²) in [5.74, 6) is -1.44. The Hall–Kier alpha value is -1.56. The summed E-state index contributed by atoms with van der Waals surface area (Å²) in [5.41, 5.74) is 0.405. The molecule has 5 nitrogen and oxygen atoms in total. The van der Waals surface area contributed by atoms with E-state index in [-0.39, 0.29) is 17.6 Å². The fourth-order valence-corrected chi connectivity index (χ4v) is 2.27. The van der Waals surface area contributed by atoms with Crippen LogP contribution in [0.15, 0.2) is 22.7 Å². The van der Waals surface area contributed by atoms with Crippen molar-refractivity contribution in [2.75, 3.05) is 13.1 Å². The molecule has 1 unspecified atom stereocenters. The van der Waals surface area contributed by atoms with Gasteiger partial charge < -0.3 is 15.1 Å². The van der Waals surface area contributed by atoms with Gasteiger partial charge in [-0.15, -0.1) is 0 Å². The van der Waals surface area contributed by atoms with Crippen molar-refractivity contribution in [1.29, 1.82) is 0 Å². The second-order valence-corrected chi connectivity index (χ2v) is 5.62. The van der Waals surface area contributed by atoms with Crippen molar-refractivity contribution in [3.8, 4) is 5.75 Å². The van der Waals surface area contributed by atoms with Gasteiger partial charge in [0, 0.05) is 24.6 Å². The van der Waals surface area contributed by atoms with Gasteiger partial charge in [0.2, 0.25) is 0 Å². The van der Waals surface area contributed by atoms with Crippen LogP contribution in [0.2, 0.25) is 0 Å². The minimum absolute atomic E-state index is 0.00509. The van der Waals surface area contributed by atoms with Gasteiger partial charge in [-0.1, -0.05) is 6.92 Å². The summed E-state index contributed by atoms with van der Waals surface area (Å²) in [4.78, 5) is 24.5. The molecule has 1 fully saturated rings. The largest absolute Gasteiger partial charge is 0.507 e. The number of phenols is 1. The summed E-state index contributed by atoms with van der Waals surface area (Å²) in [7, 11) is 0. The minimum atomic E-state index is -0.835. The third-order valence-electron chi connectivity index (χ3n) is 3.49. The van der Waals surface area contributed by atoms with E-state index >= 15 is 0 Å². The van der Waals surface area contributed by atoms with E-state index in [1.165, 1.54) is 6.07 Å². The number of likely N-dealkylation sites (tertiary alicyclic amines) is 1. The van der Waals surface area contributed by atoms with Gasteiger partial charge in [-0.05, 0) is 34.1 Å². The highest BCUT2D eigenvalue weighted by Crippen LogP contribution is 2.28. The summed E-state index contributed by atoms with van der Waals surface area (Å²) in [6.45, 7) is 2.55. The van der Waals surface area contributed by atoms with E-state index in [0.29, 0.717) is 23.1 Å². The van der Waals surface area contributed by atoms with Crippen LogP contribution < -0.4 is 0 Å². The Kier molecular flexibility index (Phi) is 3.80. The fraction of sp³-hybridized carbons (Fsp3) is 0.385. The van der Waals surface area contributed by atoms with Crippen LogP contribution in [0.1, 0.15) is 17.3 Å². The molecule has 1 atom stereocenters. The van der Waals surface area contributed by atoms with Crippen molar-refractivity contribution in [2.45, 2.75) is 6.92 Å². The van der Waals surface area contributed by atoms with E-state index in [9.17, 15) is 14.7 Å². The molecule has 0 spiro atoms. The van der Waals surface area contributed by atoms with Crippen LogP contribution in [0, 0.1) is 11.8 Å². The second kappa shape index (κ2) is 5.21. The van der Waals surface area contributed by atoms with Gasteiger partial charge in [-0.2, -0.15) is 0 Å². The summed E-state index contributed by atoms with van der Waals surface area (Å²) < 4.78 is 0.532. The summed E-state index contributed by atoms with van der Waals surface area (Å²) >= 11 is 3.15. The Balaban J connectivity index is 2.00. The highest BCUT2D eigenvalue weighted by molar-refractivity contribution is 9.10. The summed E-state index contributed by atoms with van der Waals surface area (Å²) in [5, 5.41) is 18.4. The van der Waals surface area contributed by atoms with Crippen molar-refractivity contribution >= 4 is 27.8 Å². The van der Waals surface area contributed by atoms with Crippen LogP contribution in [0.5, 0.6) is 5.75 Å². The van der Waals surface area contributed by atoms with Crippen molar-refractivity contribution in [1.82, 2.24) is 4.90 Å². The molecule has 6 heteroatoms. The number of hydrogen-bond donors (Lipinski definition) is 2. The maximum atomic E-state index is 12.1. The maximum absolute atomic E-state index is 12.1. The molecule has 1 aromatic carbocycles. The molecule has 19 heavy (non-hydrogen) atoms. The zero-order chi connectivity index (χ0) is 14.2. The molecule has 1 aromatic rings. The number of hydrogen-bond acceptors (Lipinski definition) is 3. The number of benzene rings is 1. The van der Waals surface area contributed by atoms with Gasteiger partial charge in [-0.25, -0.2) is 0 Å². The molecule has 0 aliphatic carbocycles. The number of carboxylic acids is 1. The number of phenolic OH excluding ortho intramolecular Hbond substituents is 1. The normalized spacial score (nSPS) is 16.8. The number of carbonyl (C=O) groups excluding carboxylic acids is 1. The molecule has 1 aliphatic rings. The van der Waals surface area contributed by atoms with Crippen molar-refractivity contribution in [3.63, 3.8) is 0 Å². The van der Waals surface area contributed by atoms with Crippen molar-refractivity contribution < 1.29 is 19.8 Å². The number of halogens is 1. The van der Waals surface area contributed by atoms with Gasteiger partial charge in [0.25, 0.3) is 5.91 Å². The zero-order valence-corrected chi connectivity index (χ0v) is 11.9. The molecular formula is C13H14BrNO4. The molecule has 0 bridgehead atoms. The van der Waals surface area contributed by atoms with Crippen molar-refractivity contribution in [2.24, 2.45) is 11.8 Å². The Morgan fingerprint density at radius 2 is 2.05 bits per heavy atom. The SMILES string of the molecule is CC(C(=O)O)C1CN(C(=O)c2ccc(Br)c(O)c2)C1. The topological polar surface area (TPSA) is 77.8 Å². The second-order valence-electron chi connectivity index (χ2n) is 4.76. The lowest BCUT2D eigenvalue weighted by atomic mass is 9.86. The van der Waals surface area contributed by atoms with E-state index in [0.717, 1.165) is 0 Å². The highest BCUT2D eigenvalue weighted by Gasteiger charge is 2.37. The van der Waals surface area contributed by atoms with Crippen LogP contribution in [-0.4, -0.2) is 40.1 Å². The Bertz CT molecular complexity index is 525. The van der Waals surface area contributed by atoms with Crippen LogP contribution >= 0.6 is 15.9 Å². The van der Waals surface area contributed by atoms with E-state index < -0.39 is 11.9 Å².